The molecule has 1 amide bonds. The third-order valence-corrected chi connectivity index (χ3v) is 4.22. The first-order chi connectivity index (χ1) is 14.0. The lowest BCUT2D eigenvalue weighted by atomic mass is 10.1. The summed E-state index contributed by atoms with van der Waals surface area (Å²) in [6, 6.07) is 17.1. The molecule has 0 aliphatic heterocycles. The third-order valence-electron chi connectivity index (χ3n) is 4.22. The van der Waals surface area contributed by atoms with Gasteiger partial charge in [0.05, 0.1) is 12.8 Å². The number of aromatic nitrogens is 2. The van der Waals surface area contributed by atoms with E-state index in [-0.39, 0.29) is 0 Å². The van der Waals surface area contributed by atoms with Gasteiger partial charge in [-0.3, -0.25) is 4.79 Å². The number of nitrogens with zero attached hydrogens (tertiary/aromatic N) is 2. The van der Waals surface area contributed by atoms with Crippen LogP contribution in [0.1, 0.15) is 12.5 Å². The molecule has 1 heterocycles. The summed E-state index contributed by atoms with van der Waals surface area (Å²) < 4.78 is 12.1. The van der Waals surface area contributed by atoms with E-state index in [2.05, 4.69) is 5.10 Å². The maximum absolute atomic E-state index is 12.0. The van der Waals surface area contributed by atoms with Crippen LogP contribution < -0.4 is 10.5 Å². The first-order valence-electron chi connectivity index (χ1n) is 8.96. The van der Waals surface area contributed by atoms with E-state index in [0.717, 1.165) is 11.3 Å². The Kier molecular flexibility index (Phi) is 6.09. The minimum Gasteiger partial charge on any atom is -0.496 e. The standard InChI is InChI=1S/C22H21N3O4/c1-15(22(23)27)29-20(26)13-12-16-14-25(17-8-4-3-5-9-17)24-21(16)18-10-6-7-11-19(18)28-2/h3-15H,1-2H3,(H2,23,27)/b13-12+/t15-/m1/s1. The maximum atomic E-state index is 12.0. The van der Waals surface area contributed by atoms with E-state index in [1.54, 1.807) is 24.1 Å². The van der Waals surface area contributed by atoms with Gasteiger partial charge in [0.15, 0.2) is 6.10 Å². The molecule has 7 heteroatoms. The monoisotopic (exact) mass is 391 g/mol. The summed E-state index contributed by atoms with van der Waals surface area (Å²) in [5.41, 5.74) is 8.09. The summed E-state index contributed by atoms with van der Waals surface area (Å²) in [6.45, 7) is 1.42. The van der Waals surface area contributed by atoms with Gasteiger partial charge >= 0.3 is 5.97 Å². The number of methoxy groups -OCH3 is 1. The van der Waals surface area contributed by atoms with Crippen molar-refractivity contribution in [1.29, 1.82) is 0 Å². The number of hydrogen-bond acceptors (Lipinski definition) is 5. The Morgan fingerprint density at radius 2 is 1.79 bits per heavy atom. The number of ether oxygens (including phenoxy) is 2. The van der Waals surface area contributed by atoms with Crippen molar-refractivity contribution in [2.45, 2.75) is 13.0 Å². The first kappa shape index (κ1) is 19.9. The maximum Gasteiger partial charge on any atom is 0.331 e. The van der Waals surface area contributed by atoms with Crippen molar-refractivity contribution in [2.24, 2.45) is 5.73 Å². The Hall–Kier alpha value is -3.87. The molecule has 1 aromatic heterocycles. The zero-order valence-corrected chi connectivity index (χ0v) is 16.1. The first-order valence-corrected chi connectivity index (χ1v) is 8.96. The molecule has 2 N–H and O–H groups in total. The number of primary amides is 1. The van der Waals surface area contributed by atoms with E-state index in [0.29, 0.717) is 17.0 Å². The zero-order valence-electron chi connectivity index (χ0n) is 16.1. The molecule has 0 radical (unpaired) electrons. The molecule has 0 fully saturated rings. The number of para-hydroxylation sites is 2. The van der Waals surface area contributed by atoms with Crippen molar-refractivity contribution in [3.05, 3.63) is 72.4 Å². The quantitative estimate of drug-likeness (QED) is 0.493. The Bertz CT molecular complexity index is 1040. The van der Waals surface area contributed by atoms with Gasteiger partial charge in [-0.1, -0.05) is 30.3 Å². The third kappa shape index (κ3) is 4.70. The lowest BCUT2D eigenvalue weighted by Gasteiger charge is -2.07. The van der Waals surface area contributed by atoms with Gasteiger partial charge in [0.2, 0.25) is 0 Å². The van der Waals surface area contributed by atoms with Crippen molar-refractivity contribution in [3.8, 4) is 22.7 Å². The van der Waals surface area contributed by atoms with Crippen LogP contribution in [0.25, 0.3) is 23.0 Å². The normalized spacial score (nSPS) is 11.9. The summed E-state index contributed by atoms with van der Waals surface area (Å²) in [4.78, 5) is 23.1. The predicted molar refractivity (Wildman–Crippen MR) is 109 cm³/mol. The molecule has 0 unspecified atom stereocenters. The number of esters is 1. The smallest absolute Gasteiger partial charge is 0.331 e. The van der Waals surface area contributed by atoms with Crippen LogP contribution in [0.4, 0.5) is 0 Å². The van der Waals surface area contributed by atoms with Crippen LogP contribution in [0.2, 0.25) is 0 Å². The van der Waals surface area contributed by atoms with Gasteiger partial charge in [0.1, 0.15) is 11.4 Å². The number of amides is 1. The van der Waals surface area contributed by atoms with Gasteiger partial charge < -0.3 is 15.2 Å². The van der Waals surface area contributed by atoms with Crippen LogP contribution in [-0.2, 0) is 14.3 Å². The number of nitrogens with two attached hydrogens (primary N) is 1. The average Bonchev–Trinajstić information content (AvgIpc) is 3.17. The van der Waals surface area contributed by atoms with Gasteiger partial charge in [-0.05, 0) is 37.3 Å². The van der Waals surface area contributed by atoms with Crippen LogP contribution in [-0.4, -0.2) is 34.9 Å². The molecule has 1 atom stereocenters. The molecular formula is C22H21N3O4. The van der Waals surface area contributed by atoms with Crippen LogP contribution in [0.15, 0.2) is 66.9 Å². The molecule has 0 saturated carbocycles. The zero-order chi connectivity index (χ0) is 20.8. The highest BCUT2D eigenvalue weighted by Gasteiger charge is 2.16. The van der Waals surface area contributed by atoms with E-state index in [4.69, 9.17) is 15.2 Å². The molecule has 0 spiro atoms. The van der Waals surface area contributed by atoms with Crippen LogP contribution in [0.5, 0.6) is 5.75 Å². The van der Waals surface area contributed by atoms with Crippen LogP contribution in [0.3, 0.4) is 0 Å². The van der Waals surface area contributed by atoms with E-state index in [1.807, 2.05) is 54.6 Å². The fraction of sp³-hybridized carbons (Fsp3) is 0.136. The van der Waals surface area contributed by atoms with E-state index in [1.165, 1.54) is 13.0 Å². The van der Waals surface area contributed by atoms with E-state index >= 15 is 0 Å². The van der Waals surface area contributed by atoms with Gasteiger partial charge in [-0.2, -0.15) is 5.10 Å². The second-order valence-electron chi connectivity index (χ2n) is 6.23. The predicted octanol–water partition coefficient (Wildman–Crippen LogP) is 2.98. The lowest BCUT2D eigenvalue weighted by Crippen LogP contribution is -2.29. The Morgan fingerprint density at radius 1 is 1.10 bits per heavy atom. The topological polar surface area (TPSA) is 96.4 Å². The minimum absolute atomic E-state index is 0.637. The van der Waals surface area contributed by atoms with E-state index < -0.39 is 18.0 Å². The molecule has 0 bridgehead atoms. The summed E-state index contributed by atoms with van der Waals surface area (Å²) in [6.07, 6.45) is 3.63. The fourth-order valence-electron chi connectivity index (χ4n) is 2.70. The fourth-order valence-corrected chi connectivity index (χ4v) is 2.70. The largest absolute Gasteiger partial charge is 0.496 e. The van der Waals surface area contributed by atoms with Crippen molar-refractivity contribution in [3.63, 3.8) is 0 Å². The highest BCUT2D eigenvalue weighted by atomic mass is 16.5. The second-order valence-corrected chi connectivity index (χ2v) is 6.23. The molecule has 2 aromatic carbocycles. The molecule has 0 aliphatic carbocycles. The summed E-state index contributed by atoms with van der Waals surface area (Å²) in [7, 11) is 1.59. The van der Waals surface area contributed by atoms with Gasteiger partial charge in [0, 0.05) is 23.4 Å². The Labute approximate surface area is 168 Å². The van der Waals surface area contributed by atoms with Crippen molar-refractivity contribution >= 4 is 18.0 Å². The van der Waals surface area contributed by atoms with Crippen molar-refractivity contribution in [2.75, 3.05) is 7.11 Å². The number of hydrogen-bond donors (Lipinski definition) is 1. The number of carbonyl (C=O) groups excluding carboxylic acids is 2. The highest BCUT2D eigenvalue weighted by Crippen LogP contribution is 2.32. The van der Waals surface area contributed by atoms with Crippen molar-refractivity contribution < 1.29 is 19.1 Å². The lowest BCUT2D eigenvalue weighted by molar-refractivity contribution is -0.148. The molecular weight excluding hydrogens is 370 g/mol. The van der Waals surface area contributed by atoms with Crippen molar-refractivity contribution in [1.82, 2.24) is 9.78 Å². The van der Waals surface area contributed by atoms with Gasteiger partial charge in [-0.15, -0.1) is 0 Å². The van der Waals surface area contributed by atoms with Crippen LogP contribution >= 0.6 is 0 Å². The summed E-state index contributed by atoms with van der Waals surface area (Å²) in [5.74, 6) is -0.724. The number of rotatable bonds is 7. The van der Waals surface area contributed by atoms with Gasteiger partial charge in [-0.25, -0.2) is 9.48 Å². The molecule has 0 aliphatic rings. The Morgan fingerprint density at radius 3 is 2.48 bits per heavy atom. The average molecular weight is 391 g/mol. The molecule has 3 aromatic rings. The molecule has 29 heavy (non-hydrogen) atoms. The highest BCUT2D eigenvalue weighted by molar-refractivity contribution is 5.91. The van der Waals surface area contributed by atoms with E-state index in [9.17, 15) is 9.59 Å². The van der Waals surface area contributed by atoms with Gasteiger partial charge in [0.25, 0.3) is 5.91 Å². The number of carbonyl (C=O) groups is 2. The number of benzene rings is 2. The second kappa shape index (κ2) is 8.88. The molecule has 3 rings (SSSR count). The summed E-state index contributed by atoms with van der Waals surface area (Å²) >= 11 is 0. The molecule has 0 saturated heterocycles. The Balaban J connectivity index is 2.00. The van der Waals surface area contributed by atoms with Crippen LogP contribution in [0, 0.1) is 0 Å². The molecule has 148 valence electrons. The molecule has 7 nitrogen and oxygen atoms in total. The summed E-state index contributed by atoms with van der Waals surface area (Å²) in [5, 5.41) is 4.69. The minimum atomic E-state index is -1.01. The SMILES string of the molecule is COc1ccccc1-c1nn(-c2ccccc2)cc1/C=C/C(=O)O[C@H](C)C(N)=O.